The number of rotatable bonds is 4. The highest BCUT2D eigenvalue weighted by Gasteiger charge is 2.26. The van der Waals surface area contributed by atoms with E-state index in [0.717, 1.165) is 40.9 Å². The molecule has 0 bridgehead atoms. The summed E-state index contributed by atoms with van der Waals surface area (Å²) in [5, 5.41) is 9.62. The second-order valence-electron chi connectivity index (χ2n) is 7.44. The maximum atomic E-state index is 12.7. The number of urea groups is 1. The van der Waals surface area contributed by atoms with Gasteiger partial charge in [-0.05, 0) is 56.0 Å². The molecule has 0 saturated heterocycles. The monoisotopic (exact) mass is 349 g/mol. The first-order valence-electron chi connectivity index (χ1n) is 9.05. The lowest BCUT2D eigenvalue weighted by Gasteiger charge is -2.31. The molecule has 4 heteroatoms. The fourth-order valence-electron chi connectivity index (χ4n) is 3.34. The van der Waals surface area contributed by atoms with Gasteiger partial charge in [-0.2, -0.15) is 0 Å². The fraction of sp³-hybridized carbons (Fsp3) is 0.318. The Hall–Kier alpha value is -2.75. The van der Waals surface area contributed by atoms with E-state index in [0.29, 0.717) is 0 Å². The molecule has 3 rings (SSSR count). The molecule has 2 amide bonds. The molecular weight excluding hydrogens is 322 g/mol. The van der Waals surface area contributed by atoms with Gasteiger partial charge in [-0.25, -0.2) is 4.79 Å². The number of fused-ring (bicyclic) bond motifs is 1. The number of carbonyl (C=O) groups is 1. The fourth-order valence-corrected chi connectivity index (χ4v) is 3.34. The smallest absolute Gasteiger partial charge is 0.315 e. The Morgan fingerprint density at radius 1 is 1.19 bits per heavy atom. The van der Waals surface area contributed by atoms with Crippen LogP contribution in [0.3, 0.4) is 0 Å². The topological polar surface area (TPSA) is 53.2 Å². The van der Waals surface area contributed by atoms with Crippen molar-refractivity contribution in [2.24, 2.45) is 0 Å². The molecular formula is C22H27N3O. The van der Waals surface area contributed by atoms with Crippen molar-refractivity contribution < 1.29 is 4.79 Å². The van der Waals surface area contributed by atoms with E-state index in [9.17, 15) is 4.79 Å². The molecule has 1 heterocycles. The van der Waals surface area contributed by atoms with Crippen LogP contribution in [0, 0.1) is 0 Å². The first-order valence-corrected chi connectivity index (χ1v) is 9.05. The van der Waals surface area contributed by atoms with Crippen molar-refractivity contribution >= 4 is 17.3 Å². The summed E-state index contributed by atoms with van der Waals surface area (Å²) in [6.07, 6.45) is 0.871. The van der Waals surface area contributed by atoms with Crippen molar-refractivity contribution in [3.63, 3.8) is 0 Å². The highest BCUT2D eigenvalue weighted by Crippen LogP contribution is 2.29. The van der Waals surface area contributed by atoms with E-state index in [1.807, 2.05) is 57.2 Å². The zero-order valence-electron chi connectivity index (χ0n) is 15.7. The number of anilines is 1. The van der Waals surface area contributed by atoms with Gasteiger partial charge in [0.15, 0.2) is 0 Å². The molecule has 1 aliphatic rings. The normalized spacial score (nSPS) is 16.2. The Labute approximate surface area is 155 Å². The summed E-state index contributed by atoms with van der Waals surface area (Å²) < 4.78 is 0. The minimum absolute atomic E-state index is 0.0185. The second kappa shape index (κ2) is 7.24. The number of amides is 2. The van der Waals surface area contributed by atoms with Gasteiger partial charge in [-0.15, -0.1) is 0 Å². The third kappa shape index (κ3) is 3.90. The van der Waals surface area contributed by atoms with Crippen molar-refractivity contribution in [2.75, 3.05) is 11.9 Å². The second-order valence-corrected chi connectivity index (χ2v) is 7.44. The van der Waals surface area contributed by atoms with Gasteiger partial charge in [0.25, 0.3) is 0 Å². The van der Waals surface area contributed by atoms with Gasteiger partial charge in [0, 0.05) is 12.2 Å². The van der Waals surface area contributed by atoms with Gasteiger partial charge in [0.05, 0.1) is 11.6 Å². The van der Waals surface area contributed by atoms with Crippen molar-refractivity contribution in [3.8, 4) is 0 Å². The van der Waals surface area contributed by atoms with Crippen LogP contribution in [0.25, 0.3) is 5.57 Å². The summed E-state index contributed by atoms with van der Waals surface area (Å²) >= 11 is 0. The van der Waals surface area contributed by atoms with Crippen LogP contribution in [-0.2, 0) is 5.54 Å². The lowest BCUT2D eigenvalue weighted by Crippen LogP contribution is -2.48. The molecule has 2 aromatic rings. The van der Waals surface area contributed by atoms with Crippen LogP contribution >= 0.6 is 0 Å². The van der Waals surface area contributed by atoms with Gasteiger partial charge >= 0.3 is 6.03 Å². The van der Waals surface area contributed by atoms with Gasteiger partial charge in [0.2, 0.25) is 0 Å². The van der Waals surface area contributed by atoms with Crippen LogP contribution in [0.5, 0.6) is 0 Å². The molecule has 0 spiro atoms. The maximum absolute atomic E-state index is 12.7. The number of carbonyl (C=O) groups excluding carboxylic acids is 1. The number of benzene rings is 2. The van der Waals surface area contributed by atoms with E-state index in [1.165, 1.54) is 0 Å². The summed E-state index contributed by atoms with van der Waals surface area (Å²) in [5.74, 6) is 0. The van der Waals surface area contributed by atoms with Crippen molar-refractivity contribution in [1.29, 1.82) is 0 Å². The molecule has 1 aliphatic heterocycles. The number of para-hydroxylation sites is 1. The third-order valence-electron chi connectivity index (χ3n) is 4.89. The van der Waals surface area contributed by atoms with Gasteiger partial charge in [-0.3, -0.25) is 0 Å². The van der Waals surface area contributed by atoms with E-state index < -0.39 is 5.54 Å². The minimum atomic E-state index is -0.484. The molecule has 4 nitrogen and oxygen atoms in total. The Morgan fingerprint density at radius 2 is 1.96 bits per heavy atom. The predicted octanol–water partition coefficient (Wildman–Crippen LogP) is 4.81. The Morgan fingerprint density at radius 3 is 2.73 bits per heavy atom. The van der Waals surface area contributed by atoms with Gasteiger partial charge in [0.1, 0.15) is 0 Å². The zero-order valence-corrected chi connectivity index (χ0v) is 15.7. The lowest BCUT2D eigenvalue weighted by molar-refractivity contribution is 0.225. The quantitative estimate of drug-likeness (QED) is 0.742. The van der Waals surface area contributed by atoms with Crippen LogP contribution in [0.1, 0.15) is 49.9 Å². The number of hydrogen-bond donors (Lipinski definition) is 3. The molecule has 0 saturated carbocycles. The Kier molecular flexibility index (Phi) is 5.03. The Bertz CT molecular complexity index is 826. The molecule has 136 valence electrons. The third-order valence-corrected chi connectivity index (χ3v) is 4.89. The highest BCUT2D eigenvalue weighted by atomic mass is 16.2. The van der Waals surface area contributed by atoms with Crippen LogP contribution in [0.4, 0.5) is 10.5 Å². The number of hydrogen-bond acceptors (Lipinski definition) is 2. The molecule has 0 aromatic heterocycles. The SMILES string of the molecule is C=C(C)c1cccc(C(C)(C)NC(=O)NC2CCNc3ccccc32)c1. The van der Waals surface area contributed by atoms with E-state index >= 15 is 0 Å². The van der Waals surface area contributed by atoms with Gasteiger partial charge < -0.3 is 16.0 Å². The van der Waals surface area contributed by atoms with Crippen LogP contribution < -0.4 is 16.0 Å². The standard InChI is InChI=1S/C22H27N3O/c1-15(2)16-8-7-9-17(14-16)22(3,4)25-21(26)24-20-12-13-23-19-11-6-5-10-18(19)20/h5-11,14,20,23H,1,12-13H2,2-4H3,(H2,24,25,26). The summed E-state index contributed by atoms with van der Waals surface area (Å²) in [5.41, 5.74) is 4.90. The lowest BCUT2D eigenvalue weighted by atomic mass is 9.91. The summed E-state index contributed by atoms with van der Waals surface area (Å²) in [6.45, 7) is 10.9. The highest BCUT2D eigenvalue weighted by molar-refractivity contribution is 5.76. The molecule has 0 aliphatic carbocycles. The van der Waals surface area contributed by atoms with Crippen molar-refractivity contribution in [3.05, 3.63) is 71.8 Å². The predicted molar refractivity (Wildman–Crippen MR) is 108 cm³/mol. The minimum Gasteiger partial charge on any atom is -0.385 e. The summed E-state index contributed by atoms with van der Waals surface area (Å²) in [6, 6.07) is 16.1. The van der Waals surface area contributed by atoms with E-state index in [4.69, 9.17) is 0 Å². The summed E-state index contributed by atoms with van der Waals surface area (Å²) in [7, 11) is 0. The Balaban J connectivity index is 1.72. The van der Waals surface area contributed by atoms with Crippen molar-refractivity contribution in [2.45, 2.75) is 38.8 Å². The van der Waals surface area contributed by atoms with E-state index in [1.54, 1.807) is 0 Å². The number of nitrogens with one attached hydrogen (secondary N) is 3. The molecule has 3 N–H and O–H groups in total. The largest absolute Gasteiger partial charge is 0.385 e. The average molecular weight is 349 g/mol. The number of allylic oxidation sites excluding steroid dienone is 1. The summed E-state index contributed by atoms with van der Waals surface area (Å²) in [4.78, 5) is 12.7. The van der Waals surface area contributed by atoms with Crippen LogP contribution in [0.15, 0.2) is 55.1 Å². The van der Waals surface area contributed by atoms with Crippen LogP contribution in [0.2, 0.25) is 0 Å². The molecule has 0 fully saturated rings. The first kappa shape index (κ1) is 18.1. The first-order chi connectivity index (χ1) is 12.4. The van der Waals surface area contributed by atoms with E-state index in [-0.39, 0.29) is 12.1 Å². The van der Waals surface area contributed by atoms with E-state index in [2.05, 4.69) is 34.7 Å². The molecule has 0 radical (unpaired) electrons. The maximum Gasteiger partial charge on any atom is 0.315 e. The molecule has 2 aromatic carbocycles. The van der Waals surface area contributed by atoms with Gasteiger partial charge in [-0.1, -0.05) is 48.6 Å². The molecule has 1 atom stereocenters. The van der Waals surface area contributed by atoms with Crippen molar-refractivity contribution in [1.82, 2.24) is 10.6 Å². The zero-order chi connectivity index (χ0) is 18.7. The molecule has 26 heavy (non-hydrogen) atoms. The average Bonchev–Trinajstić information content (AvgIpc) is 2.61. The van der Waals surface area contributed by atoms with Crippen LogP contribution in [-0.4, -0.2) is 12.6 Å². The molecule has 1 unspecified atom stereocenters.